The van der Waals surface area contributed by atoms with Crippen LogP contribution in [0, 0.1) is 0 Å². The summed E-state index contributed by atoms with van der Waals surface area (Å²) in [7, 11) is 0. The number of fused-ring (bicyclic) bond motifs is 6. The third-order valence-electron chi connectivity index (χ3n) is 12.7. The van der Waals surface area contributed by atoms with E-state index in [0.717, 1.165) is 77.9 Å². The lowest BCUT2D eigenvalue weighted by molar-refractivity contribution is 0.590. The third kappa shape index (κ3) is 6.29. The van der Waals surface area contributed by atoms with Crippen LogP contribution in [0.4, 0.5) is 0 Å². The number of imidazole rings is 1. The van der Waals surface area contributed by atoms with Crippen LogP contribution in [0.15, 0.2) is 176 Å². The van der Waals surface area contributed by atoms with Gasteiger partial charge in [-0.2, -0.15) is 0 Å². The molecule has 0 amide bonds. The van der Waals surface area contributed by atoms with Crippen molar-refractivity contribution in [2.45, 2.75) is 52.4 Å². The first-order chi connectivity index (χ1) is 30.0. The van der Waals surface area contributed by atoms with Gasteiger partial charge in [0.1, 0.15) is 5.82 Å². The Morgan fingerprint density at radius 2 is 1.18 bits per heavy atom. The van der Waals surface area contributed by atoms with Crippen molar-refractivity contribution in [3.63, 3.8) is 0 Å². The van der Waals surface area contributed by atoms with Crippen LogP contribution in [0.2, 0.25) is 0 Å². The van der Waals surface area contributed by atoms with Gasteiger partial charge in [-0.05, 0) is 115 Å². The number of aromatic nitrogens is 4. The molecule has 8 aromatic carbocycles. The molecule has 0 aliphatic rings. The summed E-state index contributed by atoms with van der Waals surface area (Å²) in [6.45, 7) is 13.8. The highest BCUT2D eigenvalue weighted by Crippen LogP contribution is 2.44. The molecule has 0 aliphatic carbocycles. The Kier molecular flexibility index (Phi) is 8.59. The summed E-state index contributed by atoms with van der Waals surface area (Å²) in [5.74, 6) is 0.903. The zero-order valence-corrected chi connectivity index (χ0v) is 36.1. The monoisotopic (exact) mass is 800 g/mol. The van der Waals surface area contributed by atoms with Gasteiger partial charge in [0, 0.05) is 44.6 Å². The Morgan fingerprint density at radius 3 is 1.98 bits per heavy atom. The Balaban J connectivity index is 1.22. The van der Waals surface area contributed by atoms with Gasteiger partial charge < -0.3 is 4.98 Å². The van der Waals surface area contributed by atoms with Crippen molar-refractivity contribution in [3.8, 4) is 50.6 Å². The molecule has 11 rings (SSSR count). The molecule has 0 atom stereocenters. The minimum Gasteiger partial charge on any atom is -0.354 e. The maximum Gasteiger partial charge on any atom is 0.147 e. The molecule has 300 valence electrons. The predicted octanol–water partition coefficient (Wildman–Crippen LogP) is 15.6. The minimum atomic E-state index is -0.108. The maximum absolute atomic E-state index is 5.81. The van der Waals surface area contributed by atoms with Crippen LogP contribution in [-0.2, 0) is 10.8 Å². The number of rotatable bonds is 5. The van der Waals surface area contributed by atoms with Crippen molar-refractivity contribution in [2.24, 2.45) is 0 Å². The van der Waals surface area contributed by atoms with Crippen LogP contribution in [0.1, 0.15) is 52.7 Å². The molecule has 3 aromatic heterocycles. The Labute approximate surface area is 362 Å². The molecular weight excluding hydrogens is 753 g/mol. The first-order valence-corrected chi connectivity index (χ1v) is 21.7. The van der Waals surface area contributed by atoms with E-state index >= 15 is 0 Å². The summed E-state index contributed by atoms with van der Waals surface area (Å²) in [6.07, 6.45) is 1.93. The highest BCUT2D eigenvalue weighted by Gasteiger charge is 2.26. The number of para-hydroxylation sites is 1. The van der Waals surface area contributed by atoms with Crippen LogP contribution in [-0.4, -0.2) is 19.5 Å². The van der Waals surface area contributed by atoms with Crippen molar-refractivity contribution < 1.29 is 0 Å². The highest BCUT2D eigenvalue weighted by atomic mass is 15.1. The van der Waals surface area contributed by atoms with Crippen LogP contribution in [0.5, 0.6) is 0 Å². The second-order valence-corrected chi connectivity index (χ2v) is 18.8. The Morgan fingerprint density at radius 1 is 0.468 bits per heavy atom. The molecule has 0 saturated heterocycles. The zero-order chi connectivity index (χ0) is 42.3. The third-order valence-corrected chi connectivity index (χ3v) is 12.7. The van der Waals surface area contributed by atoms with E-state index in [1.54, 1.807) is 0 Å². The summed E-state index contributed by atoms with van der Waals surface area (Å²) in [5.41, 5.74) is 15.4. The van der Waals surface area contributed by atoms with Crippen LogP contribution < -0.4 is 0 Å². The Bertz CT molecular complexity index is 3530. The molecule has 0 radical (unpaired) electrons. The SMILES string of the molecule is CC(C)(C)c1ccc2[nH]c3c(-c4nc5c(-c6cc(-c7cc(-c8ccccc8)ccn7)c7ccccc7c6)cccc5n4-c4cccc5ccccc45)cc(C(C)(C)C)cc3c2c1. The van der Waals surface area contributed by atoms with E-state index in [1.165, 1.54) is 38.2 Å². The van der Waals surface area contributed by atoms with E-state index in [0.29, 0.717) is 0 Å². The number of hydrogen-bond donors (Lipinski definition) is 1. The molecule has 0 aliphatic heterocycles. The number of benzene rings is 8. The van der Waals surface area contributed by atoms with Gasteiger partial charge in [-0.1, -0.05) is 151 Å². The summed E-state index contributed by atoms with van der Waals surface area (Å²) in [6, 6.07) is 61.8. The standard InChI is InChI=1S/C58H48N4/c1-57(2,3)41-26-27-50-47(33-41)48-34-42(58(4,5)6)35-49(54(48)60-50)56-61-55-45(23-15-25-53(55)62(56)52-24-14-20-37-18-10-13-22-44(37)52)40-30-39-19-11-12-21-43(39)46(31-40)51-32-38(28-29-59-51)36-16-8-7-9-17-36/h7-35,60H,1-6H3. The van der Waals surface area contributed by atoms with Gasteiger partial charge in [0.05, 0.1) is 27.9 Å². The Hall–Kier alpha value is -7.30. The molecule has 1 N–H and O–H groups in total. The van der Waals surface area contributed by atoms with E-state index in [4.69, 9.17) is 9.97 Å². The van der Waals surface area contributed by atoms with Gasteiger partial charge in [0.2, 0.25) is 0 Å². The van der Waals surface area contributed by atoms with Gasteiger partial charge >= 0.3 is 0 Å². The van der Waals surface area contributed by atoms with Gasteiger partial charge in [-0.15, -0.1) is 0 Å². The van der Waals surface area contributed by atoms with Crippen molar-refractivity contribution in [2.75, 3.05) is 0 Å². The number of H-pyrrole nitrogens is 1. The van der Waals surface area contributed by atoms with Crippen molar-refractivity contribution in [1.29, 1.82) is 0 Å². The van der Waals surface area contributed by atoms with Gasteiger partial charge in [0.15, 0.2) is 0 Å². The van der Waals surface area contributed by atoms with E-state index in [9.17, 15) is 0 Å². The van der Waals surface area contributed by atoms with E-state index in [2.05, 4.69) is 221 Å². The van der Waals surface area contributed by atoms with Gasteiger partial charge in [-0.25, -0.2) is 4.98 Å². The quantitative estimate of drug-likeness (QED) is 0.188. The average molecular weight is 801 g/mol. The largest absolute Gasteiger partial charge is 0.354 e. The summed E-state index contributed by atoms with van der Waals surface area (Å²) in [5, 5.41) is 7.14. The van der Waals surface area contributed by atoms with Crippen molar-refractivity contribution in [1.82, 2.24) is 19.5 Å². The normalized spacial score (nSPS) is 12.4. The van der Waals surface area contributed by atoms with E-state index in [-0.39, 0.29) is 10.8 Å². The van der Waals surface area contributed by atoms with E-state index in [1.807, 2.05) is 6.20 Å². The molecule has 4 nitrogen and oxygen atoms in total. The van der Waals surface area contributed by atoms with Crippen LogP contribution in [0.25, 0.3) is 105 Å². The van der Waals surface area contributed by atoms with Crippen molar-refractivity contribution >= 4 is 54.4 Å². The summed E-state index contributed by atoms with van der Waals surface area (Å²) in [4.78, 5) is 14.7. The second-order valence-electron chi connectivity index (χ2n) is 18.8. The molecule has 0 fully saturated rings. The fourth-order valence-corrected chi connectivity index (χ4v) is 9.30. The maximum atomic E-state index is 5.81. The molecular formula is C58H48N4. The predicted molar refractivity (Wildman–Crippen MR) is 262 cm³/mol. The number of nitrogens with zero attached hydrogens (tertiary/aromatic N) is 3. The van der Waals surface area contributed by atoms with Crippen LogP contribution in [0.3, 0.4) is 0 Å². The molecule has 11 aromatic rings. The lowest BCUT2D eigenvalue weighted by atomic mass is 9.84. The second kappa shape index (κ2) is 14.1. The number of nitrogens with one attached hydrogen (secondary N) is 1. The zero-order valence-electron chi connectivity index (χ0n) is 36.1. The number of pyridine rings is 1. The fourth-order valence-electron chi connectivity index (χ4n) is 9.30. The lowest BCUT2D eigenvalue weighted by Gasteiger charge is -2.21. The smallest absolute Gasteiger partial charge is 0.147 e. The highest BCUT2D eigenvalue weighted by molar-refractivity contribution is 6.13. The molecule has 0 saturated carbocycles. The average Bonchev–Trinajstić information content (AvgIpc) is 3.86. The fraction of sp³-hybridized carbons (Fsp3) is 0.138. The van der Waals surface area contributed by atoms with Gasteiger partial charge in [0.25, 0.3) is 0 Å². The molecule has 4 heteroatoms. The molecule has 0 unspecified atom stereocenters. The molecule has 0 bridgehead atoms. The van der Waals surface area contributed by atoms with E-state index < -0.39 is 0 Å². The first-order valence-electron chi connectivity index (χ1n) is 21.7. The van der Waals surface area contributed by atoms with Crippen molar-refractivity contribution in [3.05, 3.63) is 187 Å². The summed E-state index contributed by atoms with van der Waals surface area (Å²) >= 11 is 0. The summed E-state index contributed by atoms with van der Waals surface area (Å²) < 4.78 is 2.40. The lowest BCUT2D eigenvalue weighted by Crippen LogP contribution is -2.11. The first kappa shape index (κ1) is 37.7. The molecule has 3 heterocycles. The number of aromatic amines is 1. The van der Waals surface area contributed by atoms with Crippen LogP contribution >= 0.6 is 0 Å². The molecule has 0 spiro atoms. The molecule has 62 heavy (non-hydrogen) atoms. The topological polar surface area (TPSA) is 46.5 Å². The number of hydrogen-bond acceptors (Lipinski definition) is 2. The van der Waals surface area contributed by atoms with Gasteiger partial charge in [-0.3, -0.25) is 9.55 Å². The minimum absolute atomic E-state index is 0.0182.